The van der Waals surface area contributed by atoms with Gasteiger partial charge in [-0.05, 0) is 56.3 Å². The minimum atomic E-state index is -0.341. The second kappa shape index (κ2) is 9.96. The Hall–Kier alpha value is -4.41. The Morgan fingerprint density at radius 1 is 0.925 bits per heavy atom. The molecule has 0 atom stereocenters. The Kier molecular flexibility index (Phi) is 6.44. The van der Waals surface area contributed by atoms with Crippen LogP contribution in [-0.4, -0.2) is 29.1 Å². The maximum atomic E-state index is 14.1. The van der Waals surface area contributed by atoms with Gasteiger partial charge in [0, 0.05) is 24.6 Å². The van der Waals surface area contributed by atoms with Crippen molar-refractivity contribution in [3.63, 3.8) is 0 Å². The lowest BCUT2D eigenvalue weighted by Gasteiger charge is -2.13. The zero-order chi connectivity index (χ0) is 28.1. The first kappa shape index (κ1) is 25.8. The minimum absolute atomic E-state index is 0.190. The quantitative estimate of drug-likeness (QED) is 0.404. The zero-order valence-corrected chi connectivity index (χ0v) is 23.9. The number of carbonyl (C=O) groups is 2. The van der Waals surface area contributed by atoms with E-state index in [4.69, 9.17) is 0 Å². The van der Waals surface area contributed by atoms with E-state index < -0.39 is 0 Å². The number of thioether (sulfide) groups is 1. The molecular formula is C30H25N5O3S2. The number of hydrogen-bond donors (Lipinski definition) is 1. The third kappa shape index (κ3) is 4.35. The molecule has 4 aromatic rings. The Bertz CT molecular complexity index is 1920. The molecule has 8 nitrogen and oxygen atoms in total. The van der Waals surface area contributed by atoms with Crippen LogP contribution in [0.5, 0.6) is 0 Å². The Morgan fingerprint density at radius 2 is 1.68 bits per heavy atom. The molecule has 2 aliphatic heterocycles. The summed E-state index contributed by atoms with van der Waals surface area (Å²) in [7, 11) is 1.95. The van der Waals surface area contributed by atoms with Crippen molar-refractivity contribution in [3.8, 4) is 5.69 Å². The van der Waals surface area contributed by atoms with Gasteiger partial charge in [-0.15, -0.1) is 11.3 Å². The van der Waals surface area contributed by atoms with E-state index >= 15 is 0 Å². The summed E-state index contributed by atoms with van der Waals surface area (Å²) in [5.41, 5.74) is 4.53. The number of thiazole rings is 1. The van der Waals surface area contributed by atoms with Crippen molar-refractivity contribution < 1.29 is 9.59 Å². The van der Waals surface area contributed by atoms with Crippen molar-refractivity contribution in [3.05, 3.63) is 97.9 Å². The van der Waals surface area contributed by atoms with Crippen molar-refractivity contribution in [1.29, 1.82) is 0 Å². The number of para-hydroxylation sites is 1. The topological polar surface area (TPSA) is 87.0 Å². The molecule has 0 saturated heterocycles. The fourth-order valence-corrected chi connectivity index (χ4v) is 7.30. The van der Waals surface area contributed by atoms with Gasteiger partial charge >= 0.3 is 0 Å². The number of fused-ring (bicyclic) bond motifs is 1. The second-order valence-electron chi connectivity index (χ2n) is 9.56. The summed E-state index contributed by atoms with van der Waals surface area (Å²) in [6.07, 6.45) is 0. The molecular weight excluding hydrogens is 542 g/mol. The minimum Gasteiger partial charge on any atom is -0.337 e. The molecule has 2 amide bonds. The lowest BCUT2D eigenvalue weighted by molar-refractivity contribution is -0.114. The smallest absolute Gasteiger partial charge is 0.283 e. The summed E-state index contributed by atoms with van der Waals surface area (Å²) in [5.74, 6) is -0.550. The number of nitrogens with zero attached hydrogens (tertiary/aromatic N) is 4. The third-order valence-electron chi connectivity index (χ3n) is 6.67. The monoisotopic (exact) mass is 567 g/mol. The van der Waals surface area contributed by atoms with Gasteiger partial charge in [0.2, 0.25) is 5.91 Å². The van der Waals surface area contributed by atoms with E-state index in [9.17, 15) is 14.4 Å². The van der Waals surface area contributed by atoms with Crippen LogP contribution in [0.25, 0.3) is 16.3 Å². The van der Waals surface area contributed by atoms with Crippen LogP contribution in [0.1, 0.15) is 19.4 Å². The molecule has 6 rings (SSSR count). The highest BCUT2D eigenvalue weighted by Gasteiger charge is 2.32. The summed E-state index contributed by atoms with van der Waals surface area (Å²) >= 11 is 2.85. The van der Waals surface area contributed by atoms with E-state index in [1.165, 1.54) is 23.3 Å². The highest BCUT2D eigenvalue weighted by Crippen LogP contribution is 2.45. The SMILES string of the molecule is CC(=O)Nc1cccc(N2N=C(C)/C(=c3\s/c(=C4\Sc5ccccc5N4C)c(=O)n3-c3ccc(C)cc3)C2=O)c1. The van der Waals surface area contributed by atoms with Crippen LogP contribution < -0.4 is 30.0 Å². The van der Waals surface area contributed by atoms with Crippen LogP contribution in [-0.2, 0) is 9.59 Å². The number of amides is 2. The van der Waals surface area contributed by atoms with Crippen molar-refractivity contribution >= 4 is 68.3 Å². The third-order valence-corrected chi connectivity index (χ3v) is 9.18. The molecule has 10 heteroatoms. The van der Waals surface area contributed by atoms with E-state index in [1.807, 2.05) is 67.4 Å². The second-order valence-corrected chi connectivity index (χ2v) is 11.6. The molecule has 2 aliphatic rings. The van der Waals surface area contributed by atoms with Gasteiger partial charge in [0.05, 0.1) is 28.3 Å². The Balaban J connectivity index is 1.58. The molecule has 0 fully saturated rings. The lowest BCUT2D eigenvalue weighted by Crippen LogP contribution is -2.34. The first-order chi connectivity index (χ1) is 19.2. The number of anilines is 3. The van der Waals surface area contributed by atoms with Gasteiger partial charge in [0.25, 0.3) is 11.5 Å². The summed E-state index contributed by atoms with van der Waals surface area (Å²) in [5, 5.41) is 9.45. The maximum absolute atomic E-state index is 14.1. The van der Waals surface area contributed by atoms with E-state index in [2.05, 4.69) is 10.4 Å². The summed E-state index contributed by atoms with van der Waals surface area (Å²) in [6, 6.07) is 22.7. The molecule has 0 aliphatic carbocycles. The molecule has 1 aromatic heterocycles. The van der Waals surface area contributed by atoms with Gasteiger partial charge < -0.3 is 10.2 Å². The average molecular weight is 568 g/mol. The molecule has 0 unspecified atom stereocenters. The van der Waals surface area contributed by atoms with Crippen molar-refractivity contribution in [2.45, 2.75) is 25.7 Å². The Labute approximate surface area is 238 Å². The number of aryl methyl sites for hydroxylation is 1. The summed E-state index contributed by atoms with van der Waals surface area (Å²) < 4.78 is 2.69. The molecule has 40 heavy (non-hydrogen) atoms. The molecule has 0 bridgehead atoms. The molecule has 200 valence electrons. The van der Waals surface area contributed by atoms with Crippen molar-refractivity contribution in [2.24, 2.45) is 5.10 Å². The maximum Gasteiger partial charge on any atom is 0.283 e. The van der Waals surface area contributed by atoms with Crippen LogP contribution in [0, 0.1) is 6.92 Å². The number of hydrogen-bond acceptors (Lipinski definition) is 7. The van der Waals surface area contributed by atoms with E-state index in [-0.39, 0.29) is 17.4 Å². The Morgan fingerprint density at radius 3 is 2.40 bits per heavy atom. The fraction of sp³-hybridized carbons (Fsp3) is 0.133. The van der Waals surface area contributed by atoms with Crippen LogP contribution in [0.3, 0.4) is 0 Å². The van der Waals surface area contributed by atoms with Crippen LogP contribution in [0.2, 0.25) is 0 Å². The lowest BCUT2D eigenvalue weighted by atomic mass is 10.2. The molecule has 3 aromatic carbocycles. The van der Waals surface area contributed by atoms with Gasteiger partial charge in [-0.1, -0.05) is 47.7 Å². The van der Waals surface area contributed by atoms with E-state index in [0.29, 0.717) is 37.5 Å². The van der Waals surface area contributed by atoms with E-state index in [0.717, 1.165) is 21.2 Å². The predicted octanol–water partition coefficient (Wildman–Crippen LogP) is 4.05. The van der Waals surface area contributed by atoms with Gasteiger partial charge in [-0.2, -0.15) is 10.1 Å². The van der Waals surface area contributed by atoms with Crippen LogP contribution in [0.4, 0.5) is 17.1 Å². The molecule has 0 saturated carbocycles. The number of rotatable bonds is 3. The number of aromatic nitrogens is 1. The van der Waals surface area contributed by atoms with Gasteiger partial charge in [-0.3, -0.25) is 19.0 Å². The fourth-order valence-electron chi connectivity index (χ4n) is 4.75. The van der Waals surface area contributed by atoms with Crippen LogP contribution >= 0.6 is 23.1 Å². The predicted molar refractivity (Wildman–Crippen MR) is 163 cm³/mol. The van der Waals surface area contributed by atoms with Gasteiger partial charge in [0.15, 0.2) is 0 Å². The number of nitrogens with one attached hydrogen (secondary N) is 1. The molecule has 1 N–H and O–H groups in total. The van der Waals surface area contributed by atoms with Crippen LogP contribution in [0.15, 0.2) is 87.6 Å². The van der Waals surface area contributed by atoms with Crippen molar-refractivity contribution in [2.75, 3.05) is 22.3 Å². The summed E-state index contributed by atoms with van der Waals surface area (Å²) in [6.45, 7) is 5.19. The summed E-state index contributed by atoms with van der Waals surface area (Å²) in [4.78, 5) is 42.7. The molecule has 0 spiro atoms. The average Bonchev–Trinajstić information content (AvgIpc) is 3.54. The van der Waals surface area contributed by atoms with Gasteiger partial charge in [-0.25, -0.2) is 0 Å². The normalized spacial score (nSPS) is 17.3. The largest absolute Gasteiger partial charge is 0.337 e. The number of carbonyl (C=O) groups excluding carboxylic acids is 2. The van der Waals surface area contributed by atoms with Gasteiger partial charge in [0.1, 0.15) is 14.2 Å². The molecule has 3 heterocycles. The number of hydrazone groups is 1. The van der Waals surface area contributed by atoms with Crippen molar-refractivity contribution in [1.82, 2.24) is 4.57 Å². The zero-order valence-electron chi connectivity index (χ0n) is 22.3. The molecule has 0 radical (unpaired) electrons. The standard InChI is InChI=1S/C30H25N5O3S2/c1-17-12-14-21(15-13-17)34-28(38)26(30-33(4)23-10-5-6-11-24(23)39-30)40-29(34)25-18(2)32-35(27(25)37)22-9-7-8-20(16-22)31-19(3)36/h5-16H,1-4H3,(H,31,36)/b29-25+,30-26-. The highest BCUT2D eigenvalue weighted by molar-refractivity contribution is 8.08. The number of benzene rings is 3. The first-order valence-electron chi connectivity index (χ1n) is 12.6. The first-order valence-corrected chi connectivity index (χ1v) is 14.2. The van der Waals surface area contributed by atoms with E-state index in [1.54, 1.807) is 47.5 Å². The highest BCUT2D eigenvalue weighted by atomic mass is 32.2.